The minimum atomic E-state index is -2.52. The minimum absolute atomic E-state index is 0.0244. The Kier molecular flexibility index (Phi) is 13.5. The zero-order valence-corrected chi connectivity index (χ0v) is 34.7. The second-order valence-corrected chi connectivity index (χ2v) is 16.7. The van der Waals surface area contributed by atoms with Gasteiger partial charge in [-0.3, -0.25) is 30.8 Å². The van der Waals surface area contributed by atoms with Crippen LogP contribution < -0.4 is 36.1 Å². The summed E-state index contributed by atoms with van der Waals surface area (Å²) in [6.45, 7) is -2.25. The molecule has 0 spiro atoms. The van der Waals surface area contributed by atoms with Crippen molar-refractivity contribution >= 4 is 29.4 Å². The lowest BCUT2D eigenvalue weighted by Crippen LogP contribution is -2.70. The van der Waals surface area contributed by atoms with Crippen LogP contribution in [0, 0.1) is 5.92 Å². The second-order valence-electron chi connectivity index (χ2n) is 16.7. The van der Waals surface area contributed by atoms with Crippen LogP contribution in [0.5, 0.6) is 11.5 Å². The van der Waals surface area contributed by atoms with Crippen molar-refractivity contribution in [3.8, 4) is 11.5 Å². The average molecular weight is 892 g/mol. The Labute approximate surface area is 366 Å². The van der Waals surface area contributed by atoms with Crippen molar-refractivity contribution in [2.45, 2.75) is 93.0 Å². The normalized spacial score (nSPS) is 30.5. The molecule has 4 aliphatic heterocycles. The maximum Gasteiger partial charge on any atom is 0.242 e. The summed E-state index contributed by atoms with van der Waals surface area (Å²) in [6.07, 6.45) is -9.90. The van der Waals surface area contributed by atoms with Gasteiger partial charge in [0.15, 0.2) is 28.7 Å². The Morgan fingerprint density at radius 1 is 0.984 bits per heavy atom. The third kappa shape index (κ3) is 8.18. The van der Waals surface area contributed by atoms with Crippen LogP contribution in [0.2, 0.25) is 0 Å². The predicted octanol–water partition coefficient (Wildman–Crippen LogP) is -2.20. The number of aliphatic hydroxyl groups is 7. The molecule has 2 bridgehead atoms. The molecule has 1 aliphatic carbocycles. The van der Waals surface area contributed by atoms with Gasteiger partial charge in [0, 0.05) is 59.9 Å². The van der Waals surface area contributed by atoms with Gasteiger partial charge in [0.1, 0.15) is 49.7 Å². The first-order valence-electron chi connectivity index (χ1n) is 21.2. The molecule has 64 heavy (non-hydrogen) atoms. The summed E-state index contributed by atoms with van der Waals surface area (Å²) in [7, 11) is 0. The third-order valence-corrected chi connectivity index (χ3v) is 12.7. The van der Waals surface area contributed by atoms with E-state index < -0.39 is 110 Å². The topological polar surface area (TPSA) is 312 Å². The minimum Gasteiger partial charge on any atom is -0.486 e. The Morgan fingerprint density at radius 2 is 1.78 bits per heavy atom. The molecule has 3 saturated heterocycles. The molecule has 20 heteroatoms. The van der Waals surface area contributed by atoms with Gasteiger partial charge in [-0.05, 0) is 54.2 Å². The molecule has 11 atom stereocenters. The standard InChI is InChI=1S/C44H53N5O15/c45-43-47-40-33(41(59)48-43)46-20-49(40)29-6-2-1-5-25(29)31-22(4-3-11-50)17-61-19-30-36(57)39(58)44(60,10-13-52)42(63-30)64-37-28(31)15-27-32(38(37)62-18-23(54)9-12-51)35(56)26-14-21(16-53)7-8-24(26)34(27)55/h1-2,5-8,12,14-15,22-23,30-31,33,36,39-40,42-43,46-47,50,52-54,57-58,60H,3-4,9-11,13,16-20,45H2,(H,48,59)/t22-,23-,30+,31-,33-,36+,39-,40+,42-,43+,44+/m1/s1. The van der Waals surface area contributed by atoms with E-state index >= 15 is 0 Å². The number of hydrogen-bond acceptors (Lipinski definition) is 19. The van der Waals surface area contributed by atoms with Gasteiger partial charge in [0.2, 0.25) is 12.2 Å². The number of hydrogen-bond donors (Lipinski definition) is 11. The number of ketones is 2. The van der Waals surface area contributed by atoms with Crippen molar-refractivity contribution in [3.63, 3.8) is 0 Å². The molecule has 4 heterocycles. The molecule has 3 aromatic rings. The number of rotatable bonds is 13. The number of nitrogens with two attached hydrogens (primary N) is 1. The predicted molar refractivity (Wildman–Crippen MR) is 222 cm³/mol. The highest BCUT2D eigenvalue weighted by atomic mass is 16.7. The van der Waals surface area contributed by atoms with E-state index in [1.165, 1.54) is 24.3 Å². The second kappa shape index (κ2) is 18.9. The van der Waals surface area contributed by atoms with Crippen molar-refractivity contribution in [1.82, 2.24) is 16.0 Å². The molecule has 0 unspecified atom stereocenters. The summed E-state index contributed by atoms with van der Waals surface area (Å²) < 4.78 is 25.6. The van der Waals surface area contributed by atoms with Gasteiger partial charge < -0.3 is 69.7 Å². The van der Waals surface area contributed by atoms with E-state index in [0.717, 1.165) is 0 Å². The van der Waals surface area contributed by atoms with Crippen molar-refractivity contribution in [2.24, 2.45) is 11.7 Å². The molecule has 3 aromatic carbocycles. The number of ether oxygens (including phenoxy) is 4. The number of aliphatic hydroxyl groups excluding tert-OH is 6. The van der Waals surface area contributed by atoms with Crippen molar-refractivity contribution in [1.29, 1.82) is 0 Å². The number of carbonyl (C=O) groups excluding carboxylic acids is 4. The zero-order chi connectivity index (χ0) is 45.4. The lowest BCUT2D eigenvalue weighted by Gasteiger charge is -2.47. The smallest absolute Gasteiger partial charge is 0.242 e. The van der Waals surface area contributed by atoms with Crippen LogP contribution in [-0.2, 0) is 25.7 Å². The maximum atomic E-state index is 14.9. The summed E-state index contributed by atoms with van der Waals surface area (Å²) >= 11 is 0. The first-order chi connectivity index (χ1) is 30.8. The van der Waals surface area contributed by atoms with Crippen LogP contribution >= 0.6 is 0 Å². The highest BCUT2D eigenvalue weighted by Crippen LogP contribution is 2.52. The van der Waals surface area contributed by atoms with Gasteiger partial charge in [0.05, 0.1) is 38.2 Å². The molecule has 0 radical (unpaired) electrons. The van der Waals surface area contributed by atoms with Gasteiger partial charge in [-0.25, -0.2) is 0 Å². The van der Waals surface area contributed by atoms with Crippen LogP contribution in [0.1, 0.15) is 80.1 Å². The summed E-state index contributed by atoms with van der Waals surface area (Å²) in [5.74, 6) is -3.93. The van der Waals surface area contributed by atoms with Gasteiger partial charge >= 0.3 is 0 Å². The number of carbonyl (C=O) groups is 4. The van der Waals surface area contributed by atoms with Crippen LogP contribution in [0.3, 0.4) is 0 Å². The van der Waals surface area contributed by atoms with E-state index in [9.17, 15) is 54.9 Å². The largest absolute Gasteiger partial charge is 0.486 e. The summed E-state index contributed by atoms with van der Waals surface area (Å²) in [4.78, 5) is 56.2. The molecule has 5 aliphatic rings. The van der Waals surface area contributed by atoms with Gasteiger partial charge in [-0.2, -0.15) is 0 Å². The Balaban J connectivity index is 1.43. The highest BCUT2D eigenvalue weighted by Gasteiger charge is 2.57. The van der Waals surface area contributed by atoms with E-state index in [-0.39, 0.29) is 85.2 Å². The van der Waals surface area contributed by atoms with E-state index in [1.54, 1.807) is 12.1 Å². The van der Waals surface area contributed by atoms with Crippen molar-refractivity contribution in [3.05, 3.63) is 87.5 Å². The van der Waals surface area contributed by atoms with E-state index in [2.05, 4.69) is 16.0 Å². The molecule has 20 nitrogen and oxygen atoms in total. The maximum absolute atomic E-state index is 14.9. The van der Waals surface area contributed by atoms with Crippen LogP contribution in [0.25, 0.3) is 0 Å². The van der Waals surface area contributed by atoms with E-state index in [1.807, 2.05) is 17.0 Å². The lowest BCUT2D eigenvalue weighted by atomic mass is 9.74. The van der Waals surface area contributed by atoms with Crippen LogP contribution in [0.15, 0.2) is 48.5 Å². The summed E-state index contributed by atoms with van der Waals surface area (Å²) in [5.41, 5.74) is 4.83. The number of nitrogens with zero attached hydrogens (tertiary/aromatic N) is 1. The number of benzene rings is 3. The number of nitrogens with one attached hydrogen (secondary N) is 3. The molecular formula is C44H53N5O15. The van der Waals surface area contributed by atoms with E-state index in [4.69, 9.17) is 24.7 Å². The van der Waals surface area contributed by atoms with Crippen molar-refractivity contribution < 1.29 is 73.9 Å². The lowest BCUT2D eigenvalue weighted by molar-refractivity contribution is -0.325. The fourth-order valence-electron chi connectivity index (χ4n) is 9.52. The van der Waals surface area contributed by atoms with Crippen molar-refractivity contribution in [2.75, 3.05) is 44.6 Å². The third-order valence-electron chi connectivity index (χ3n) is 12.7. The molecular weight excluding hydrogens is 839 g/mol. The SMILES string of the molecule is N[C@@H]1NC(=O)[C@@H]2NCN(c3ccccc3[C@@H]3c4cc5c(c(OC[C@H](O)CC=O)c4O[C@H]4O[C@@H](COC[C@H]3CCCO)[C@H](O)[C@@H](O)[C@@]4(O)CCO)C(=O)c3cc(CO)ccc3C5=O)[C@@H]2N1. The number of para-hydroxylation sites is 1. The Hall–Kier alpha value is -4.94. The molecule has 12 N–H and O–H groups in total. The average Bonchev–Trinajstić information content (AvgIpc) is 3.70. The highest BCUT2D eigenvalue weighted by molar-refractivity contribution is 6.29. The van der Waals surface area contributed by atoms with Crippen LogP contribution in [-0.4, -0.2) is 154 Å². The van der Waals surface area contributed by atoms with E-state index in [0.29, 0.717) is 23.1 Å². The number of amides is 1. The van der Waals surface area contributed by atoms with Gasteiger partial charge in [0.25, 0.3) is 0 Å². The Morgan fingerprint density at radius 3 is 2.53 bits per heavy atom. The summed E-state index contributed by atoms with van der Waals surface area (Å²) in [5, 5.41) is 85.4. The molecule has 0 saturated carbocycles. The molecule has 1 amide bonds. The molecule has 0 aromatic heterocycles. The summed E-state index contributed by atoms with van der Waals surface area (Å²) in [6, 6.07) is 12.3. The fourth-order valence-corrected chi connectivity index (χ4v) is 9.52. The molecule has 8 rings (SSSR count). The number of fused-ring (bicyclic) bond motifs is 6. The van der Waals surface area contributed by atoms with Gasteiger partial charge in [-0.1, -0.05) is 24.3 Å². The van der Waals surface area contributed by atoms with Crippen LogP contribution in [0.4, 0.5) is 5.69 Å². The first kappa shape index (κ1) is 45.6. The monoisotopic (exact) mass is 891 g/mol. The molecule has 344 valence electrons. The molecule has 3 fully saturated rings. The first-order valence-corrected chi connectivity index (χ1v) is 21.2. The number of aldehydes is 1. The van der Waals surface area contributed by atoms with Gasteiger partial charge in [-0.15, -0.1) is 0 Å². The quantitative estimate of drug-likeness (QED) is 0.0635. The fraction of sp³-hybridized carbons (Fsp3) is 0.500. The zero-order valence-electron chi connectivity index (χ0n) is 34.7. The number of anilines is 1. The Bertz CT molecular complexity index is 2260.